The molecule has 1 saturated heterocycles. The van der Waals surface area contributed by atoms with Crippen molar-refractivity contribution < 1.29 is 19.4 Å². The first-order valence-electron chi connectivity index (χ1n) is 13.2. The first kappa shape index (κ1) is 29.2. The molecule has 198 valence electrons. The lowest BCUT2D eigenvalue weighted by atomic mass is 10.0. The maximum Gasteiger partial charge on any atom is 0.506 e. The predicted molar refractivity (Wildman–Crippen MR) is 147 cm³/mol. The van der Waals surface area contributed by atoms with Crippen LogP contribution < -0.4 is 16.0 Å². The Morgan fingerprint density at radius 3 is 2.25 bits per heavy atom. The quantitative estimate of drug-likeness (QED) is 0.215. The molecule has 3 rings (SSSR count). The fraction of sp³-hybridized carbons (Fsp3) is 0.517. The van der Waals surface area contributed by atoms with Crippen molar-refractivity contribution in [1.29, 1.82) is 0 Å². The van der Waals surface area contributed by atoms with Crippen LogP contribution in [0.25, 0.3) is 0 Å². The Kier molecular flexibility index (Phi) is 13.4. The Morgan fingerprint density at radius 2 is 1.72 bits per heavy atom. The highest BCUT2D eigenvalue weighted by Crippen LogP contribution is 2.25. The van der Waals surface area contributed by atoms with E-state index in [4.69, 9.17) is 9.84 Å². The van der Waals surface area contributed by atoms with Crippen LogP contribution in [0.1, 0.15) is 68.6 Å². The van der Waals surface area contributed by atoms with Crippen molar-refractivity contribution >= 4 is 23.4 Å². The number of benzene rings is 2. The molecular formula is C29H43N3O4. The molecule has 0 radical (unpaired) electrons. The molecule has 7 nitrogen and oxygen atoms in total. The molecule has 1 aliphatic rings. The molecular weight excluding hydrogens is 454 g/mol. The highest BCUT2D eigenvalue weighted by atomic mass is 16.7. The van der Waals surface area contributed by atoms with Gasteiger partial charge in [0.15, 0.2) is 0 Å². The zero-order valence-electron chi connectivity index (χ0n) is 22.1. The van der Waals surface area contributed by atoms with Gasteiger partial charge in [-0.2, -0.15) is 0 Å². The second-order valence-electron chi connectivity index (χ2n) is 9.36. The SMILES string of the molecule is C1CCNCC1.CCCCNc1cc(C)c(NC(=O)CC(CCc2ccccc2)OC(=O)O)c(C)c1. The van der Waals surface area contributed by atoms with E-state index in [9.17, 15) is 9.59 Å². The van der Waals surface area contributed by atoms with Crippen LogP contribution in [0.5, 0.6) is 0 Å². The molecule has 0 spiro atoms. The van der Waals surface area contributed by atoms with E-state index in [0.717, 1.165) is 47.5 Å². The summed E-state index contributed by atoms with van der Waals surface area (Å²) in [5, 5.41) is 18.6. The van der Waals surface area contributed by atoms with E-state index in [0.29, 0.717) is 12.8 Å². The maximum absolute atomic E-state index is 12.6. The van der Waals surface area contributed by atoms with Crippen molar-refractivity contribution in [1.82, 2.24) is 5.32 Å². The van der Waals surface area contributed by atoms with Crippen LogP contribution in [0.15, 0.2) is 42.5 Å². The Hall–Kier alpha value is -3.06. The third kappa shape index (κ3) is 11.6. The van der Waals surface area contributed by atoms with E-state index in [1.807, 2.05) is 56.3 Å². The average Bonchev–Trinajstić information content (AvgIpc) is 2.87. The molecule has 36 heavy (non-hydrogen) atoms. The van der Waals surface area contributed by atoms with Gasteiger partial charge in [-0.3, -0.25) is 4.79 Å². The fourth-order valence-corrected chi connectivity index (χ4v) is 4.19. The van der Waals surface area contributed by atoms with Crippen molar-refractivity contribution in [2.75, 3.05) is 30.3 Å². The number of nitrogens with one attached hydrogen (secondary N) is 3. The van der Waals surface area contributed by atoms with Crippen LogP contribution in [-0.4, -0.2) is 42.9 Å². The number of rotatable bonds is 11. The summed E-state index contributed by atoms with van der Waals surface area (Å²) in [6.07, 6.45) is 5.45. The van der Waals surface area contributed by atoms with E-state index < -0.39 is 12.3 Å². The maximum atomic E-state index is 12.6. The van der Waals surface area contributed by atoms with Crippen molar-refractivity contribution in [3.8, 4) is 0 Å². The van der Waals surface area contributed by atoms with Gasteiger partial charge in [-0.1, -0.05) is 50.1 Å². The minimum atomic E-state index is -1.37. The van der Waals surface area contributed by atoms with Gasteiger partial charge < -0.3 is 25.8 Å². The number of carbonyl (C=O) groups is 2. The summed E-state index contributed by atoms with van der Waals surface area (Å²) in [7, 11) is 0. The number of hydrogen-bond acceptors (Lipinski definition) is 5. The molecule has 1 atom stereocenters. The van der Waals surface area contributed by atoms with Crippen LogP contribution in [0, 0.1) is 13.8 Å². The molecule has 7 heteroatoms. The van der Waals surface area contributed by atoms with Crippen molar-refractivity contribution in [2.45, 2.75) is 78.2 Å². The lowest BCUT2D eigenvalue weighted by Gasteiger charge is -2.18. The summed E-state index contributed by atoms with van der Waals surface area (Å²) in [6.45, 7) is 9.47. The number of anilines is 2. The molecule has 1 unspecified atom stereocenters. The Morgan fingerprint density at radius 1 is 1.06 bits per heavy atom. The molecule has 2 aromatic rings. The Balaban J connectivity index is 0.000000662. The van der Waals surface area contributed by atoms with Crippen molar-refractivity contribution in [3.63, 3.8) is 0 Å². The monoisotopic (exact) mass is 497 g/mol. The average molecular weight is 498 g/mol. The lowest BCUT2D eigenvalue weighted by molar-refractivity contribution is -0.118. The molecule has 4 N–H and O–H groups in total. The van der Waals surface area contributed by atoms with Crippen molar-refractivity contribution in [2.24, 2.45) is 0 Å². The normalized spacial score (nSPS) is 13.6. The summed E-state index contributed by atoms with van der Waals surface area (Å²) in [5.41, 5.74) is 4.80. The van der Waals surface area contributed by atoms with Gasteiger partial charge in [0.1, 0.15) is 6.10 Å². The molecule has 0 aliphatic carbocycles. The van der Waals surface area contributed by atoms with E-state index in [1.54, 1.807) is 0 Å². The van der Waals surface area contributed by atoms with Gasteiger partial charge >= 0.3 is 6.16 Å². The van der Waals surface area contributed by atoms with Gasteiger partial charge in [-0.05, 0) is 87.9 Å². The molecule has 2 aromatic carbocycles. The first-order chi connectivity index (χ1) is 17.4. The van der Waals surface area contributed by atoms with Crippen molar-refractivity contribution in [3.05, 3.63) is 59.2 Å². The van der Waals surface area contributed by atoms with E-state index >= 15 is 0 Å². The number of piperidine rings is 1. The van der Waals surface area contributed by atoms with E-state index in [-0.39, 0.29) is 12.3 Å². The minimum Gasteiger partial charge on any atom is -0.450 e. The van der Waals surface area contributed by atoms with E-state index in [1.165, 1.54) is 32.4 Å². The highest BCUT2D eigenvalue weighted by molar-refractivity contribution is 5.93. The van der Waals surface area contributed by atoms with Gasteiger partial charge in [-0.15, -0.1) is 0 Å². The number of unbranched alkanes of at least 4 members (excludes halogenated alkanes) is 1. The number of carbonyl (C=O) groups excluding carboxylic acids is 1. The number of hydrogen-bond donors (Lipinski definition) is 4. The number of carboxylic acid groups (broad SMARTS) is 1. The molecule has 1 heterocycles. The Bertz CT molecular complexity index is 895. The third-order valence-corrected chi connectivity index (χ3v) is 6.14. The summed E-state index contributed by atoms with van der Waals surface area (Å²) in [5.74, 6) is -0.257. The molecule has 0 aromatic heterocycles. The minimum absolute atomic E-state index is 0.0193. The van der Waals surface area contributed by atoms with Gasteiger partial charge in [0.25, 0.3) is 0 Å². The highest BCUT2D eigenvalue weighted by Gasteiger charge is 2.19. The molecule has 1 aliphatic heterocycles. The number of ether oxygens (including phenoxy) is 1. The summed E-state index contributed by atoms with van der Waals surface area (Å²) in [6, 6.07) is 13.8. The van der Waals surface area contributed by atoms with Crippen LogP contribution in [0.2, 0.25) is 0 Å². The fourth-order valence-electron chi connectivity index (χ4n) is 4.19. The van der Waals surface area contributed by atoms with Crippen LogP contribution >= 0.6 is 0 Å². The second-order valence-corrected chi connectivity index (χ2v) is 9.36. The largest absolute Gasteiger partial charge is 0.506 e. The standard InChI is InChI=1S/C24H32N2O4.C5H11N/c1-4-5-13-25-20-14-17(2)23(18(3)15-20)26-22(27)16-21(30-24(28)29)12-11-19-9-7-6-8-10-19;1-2-4-6-5-3-1/h6-10,14-15,21,25H,4-5,11-13,16H2,1-3H3,(H,26,27)(H,28,29);6H,1-5H2. The molecule has 1 amide bonds. The lowest BCUT2D eigenvalue weighted by Crippen LogP contribution is -2.25. The van der Waals surface area contributed by atoms with Crippen LogP contribution in [0.3, 0.4) is 0 Å². The smallest absolute Gasteiger partial charge is 0.450 e. The van der Waals surface area contributed by atoms with Crippen LogP contribution in [0.4, 0.5) is 16.2 Å². The van der Waals surface area contributed by atoms with Gasteiger partial charge in [0.05, 0.1) is 6.42 Å². The summed E-state index contributed by atoms with van der Waals surface area (Å²) >= 11 is 0. The number of aryl methyl sites for hydroxylation is 3. The third-order valence-electron chi connectivity index (χ3n) is 6.14. The first-order valence-corrected chi connectivity index (χ1v) is 13.2. The predicted octanol–water partition coefficient (Wildman–Crippen LogP) is 6.30. The molecule has 0 bridgehead atoms. The summed E-state index contributed by atoms with van der Waals surface area (Å²) in [4.78, 5) is 23.7. The van der Waals surface area contributed by atoms with E-state index in [2.05, 4.69) is 22.9 Å². The van der Waals surface area contributed by atoms with Gasteiger partial charge in [0.2, 0.25) is 5.91 Å². The summed E-state index contributed by atoms with van der Waals surface area (Å²) < 4.78 is 4.96. The second kappa shape index (κ2) is 16.6. The Labute approximate surface area is 216 Å². The zero-order valence-corrected chi connectivity index (χ0v) is 22.1. The number of amides is 1. The van der Waals surface area contributed by atoms with Gasteiger partial charge in [0, 0.05) is 17.9 Å². The van der Waals surface area contributed by atoms with Crippen LogP contribution in [-0.2, 0) is 16.0 Å². The molecule has 1 fully saturated rings. The zero-order chi connectivity index (χ0) is 26.2. The topological polar surface area (TPSA) is 99.7 Å². The van der Waals surface area contributed by atoms with Gasteiger partial charge in [-0.25, -0.2) is 4.79 Å². The molecule has 0 saturated carbocycles.